The Morgan fingerprint density at radius 2 is 1.91 bits per heavy atom. The quantitative estimate of drug-likeness (QED) is 0.425. The lowest BCUT2D eigenvalue weighted by atomic mass is 10.1. The summed E-state index contributed by atoms with van der Waals surface area (Å²) >= 11 is 1.35. The summed E-state index contributed by atoms with van der Waals surface area (Å²) in [6, 6.07) is 13.4. The largest absolute Gasteiger partial charge is 0.492 e. The second kappa shape index (κ2) is 11.0. The van der Waals surface area contributed by atoms with Crippen LogP contribution < -0.4 is 14.8 Å². The van der Waals surface area contributed by atoms with Gasteiger partial charge in [0.2, 0.25) is 5.91 Å². The van der Waals surface area contributed by atoms with Crippen LogP contribution in [0.15, 0.2) is 47.6 Å². The lowest BCUT2D eigenvalue weighted by Gasteiger charge is -2.16. The first-order chi connectivity index (χ1) is 15.4. The summed E-state index contributed by atoms with van der Waals surface area (Å²) in [7, 11) is 0. The minimum atomic E-state index is -0.272. The van der Waals surface area contributed by atoms with E-state index < -0.39 is 0 Å². The second-order valence-electron chi connectivity index (χ2n) is 7.36. The fourth-order valence-electron chi connectivity index (χ4n) is 3.22. The van der Waals surface area contributed by atoms with Gasteiger partial charge in [0.1, 0.15) is 11.5 Å². The zero-order valence-corrected chi connectivity index (χ0v) is 20.0. The summed E-state index contributed by atoms with van der Waals surface area (Å²) in [6.07, 6.45) is -0.272. The predicted molar refractivity (Wildman–Crippen MR) is 128 cm³/mol. The van der Waals surface area contributed by atoms with E-state index in [-0.39, 0.29) is 17.8 Å². The molecule has 0 saturated carbocycles. The van der Waals surface area contributed by atoms with E-state index in [1.54, 1.807) is 0 Å². The lowest BCUT2D eigenvalue weighted by Crippen LogP contribution is -2.16. The number of ether oxygens (including phenoxy) is 2. The topological polar surface area (TPSA) is 78.3 Å². The SMILES string of the molecule is CCOc1ccccc1NC(=O)CSc1nnc(C(C)Oc2ccc(C)c(C)c2)n1CC. The number of para-hydroxylation sites is 2. The van der Waals surface area contributed by atoms with Gasteiger partial charge in [-0.25, -0.2) is 0 Å². The number of carbonyl (C=O) groups excluding carboxylic acids is 1. The Balaban J connectivity index is 1.64. The summed E-state index contributed by atoms with van der Waals surface area (Å²) in [5, 5.41) is 12.2. The van der Waals surface area contributed by atoms with Crippen LogP contribution >= 0.6 is 11.8 Å². The number of anilines is 1. The van der Waals surface area contributed by atoms with Crippen molar-refractivity contribution in [1.82, 2.24) is 14.8 Å². The molecule has 0 aliphatic heterocycles. The molecule has 0 fully saturated rings. The van der Waals surface area contributed by atoms with Gasteiger partial charge in [-0.2, -0.15) is 0 Å². The van der Waals surface area contributed by atoms with Crippen molar-refractivity contribution in [3.63, 3.8) is 0 Å². The number of hydrogen-bond donors (Lipinski definition) is 1. The van der Waals surface area contributed by atoms with Crippen LogP contribution in [0, 0.1) is 13.8 Å². The average molecular weight is 455 g/mol. The van der Waals surface area contributed by atoms with Crippen molar-refractivity contribution in [3.8, 4) is 11.5 Å². The first kappa shape index (κ1) is 23.7. The summed E-state index contributed by atoms with van der Waals surface area (Å²) in [4.78, 5) is 12.5. The number of thioether (sulfide) groups is 1. The normalized spacial score (nSPS) is 11.8. The molecule has 8 heteroatoms. The van der Waals surface area contributed by atoms with Crippen LogP contribution in [0.5, 0.6) is 11.5 Å². The molecule has 0 aliphatic rings. The molecule has 1 unspecified atom stereocenters. The van der Waals surface area contributed by atoms with Crippen LogP contribution in [0.3, 0.4) is 0 Å². The van der Waals surface area contributed by atoms with E-state index in [4.69, 9.17) is 9.47 Å². The number of rotatable bonds is 10. The molecule has 1 heterocycles. The van der Waals surface area contributed by atoms with Gasteiger partial charge >= 0.3 is 0 Å². The number of carbonyl (C=O) groups is 1. The third-order valence-electron chi connectivity index (χ3n) is 5.01. The molecule has 0 aliphatic carbocycles. The molecule has 32 heavy (non-hydrogen) atoms. The summed E-state index contributed by atoms with van der Waals surface area (Å²) in [5.41, 5.74) is 3.07. The Bertz CT molecular complexity index is 1070. The zero-order valence-electron chi connectivity index (χ0n) is 19.2. The number of amides is 1. The van der Waals surface area contributed by atoms with Gasteiger partial charge in [0.25, 0.3) is 0 Å². The van der Waals surface area contributed by atoms with E-state index in [1.165, 1.54) is 22.9 Å². The summed E-state index contributed by atoms with van der Waals surface area (Å²) in [5.74, 6) is 2.27. The fourth-order valence-corrected chi connectivity index (χ4v) is 4.03. The molecular formula is C24H30N4O3S. The minimum absolute atomic E-state index is 0.131. The Labute approximate surface area is 193 Å². The number of nitrogens with one attached hydrogen (secondary N) is 1. The molecule has 1 N–H and O–H groups in total. The first-order valence-corrected chi connectivity index (χ1v) is 11.7. The van der Waals surface area contributed by atoms with Crippen molar-refractivity contribution in [2.45, 2.75) is 52.4 Å². The van der Waals surface area contributed by atoms with Crippen molar-refractivity contribution in [2.24, 2.45) is 0 Å². The second-order valence-corrected chi connectivity index (χ2v) is 8.30. The molecule has 1 amide bonds. The van der Waals surface area contributed by atoms with Crippen molar-refractivity contribution >= 4 is 23.4 Å². The molecule has 3 aromatic rings. The average Bonchev–Trinajstić information content (AvgIpc) is 3.19. The standard InChI is InChI=1S/C24H30N4O3S/c1-6-28-23(18(5)31-19-13-12-16(3)17(4)14-19)26-27-24(28)32-15-22(29)25-20-10-8-9-11-21(20)30-7-2/h8-14,18H,6-7,15H2,1-5H3,(H,25,29). The highest BCUT2D eigenvalue weighted by Gasteiger charge is 2.20. The van der Waals surface area contributed by atoms with Gasteiger partial charge in [-0.1, -0.05) is 30.0 Å². The Kier molecular flexibility index (Phi) is 8.16. The van der Waals surface area contributed by atoms with E-state index in [0.29, 0.717) is 29.7 Å². The smallest absolute Gasteiger partial charge is 0.234 e. The maximum absolute atomic E-state index is 12.5. The molecule has 7 nitrogen and oxygen atoms in total. The highest BCUT2D eigenvalue weighted by molar-refractivity contribution is 7.99. The molecule has 0 saturated heterocycles. The number of aryl methyl sites for hydroxylation is 2. The van der Waals surface area contributed by atoms with E-state index >= 15 is 0 Å². The molecular weight excluding hydrogens is 424 g/mol. The molecule has 170 valence electrons. The van der Waals surface area contributed by atoms with Gasteiger partial charge in [-0.3, -0.25) is 4.79 Å². The molecule has 1 atom stereocenters. The molecule has 0 radical (unpaired) electrons. The predicted octanol–water partition coefficient (Wildman–Crippen LogP) is 5.18. The van der Waals surface area contributed by atoms with Crippen molar-refractivity contribution < 1.29 is 14.3 Å². The molecule has 0 spiro atoms. The van der Waals surface area contributed by atoms with Gasteiger partial charge in [-0.05, 0) is 70.0 Å². The third kappa shape index (κ3) is 5.82. The molecule has 1 aromatic heterocycles. The van der Waals surface area contributed by atoms with E-state index in [2.05, 4.69) is 29.4 Å². The minimum Gasteiger partial charge on any atom is -0.492 e. The van der Waals surface area contributed by atoms with Crippen LogP contribution in [-0.2, 0) is 11.3 Å². The Hall–Kier alpha value is -3.00. The number of benzene rings is 2. The van der Waals surface area contributed by atoms with Crippen LogP contribution in [0.2, 0.25) is 0 Å². The van der Waals surface area contributed by atoms with Crippen LogP contribution in [0.1, 0.15) is 43.8 Å². The van der Waals surface area contributed by atoms with E-state index in [0.717, 1.165) is 11.6 Å². The van der Waals surface area contributed by atoms with Crippen molar-refractivity contribution in [3.05, 3.63) is 59.4 Å². The number of nitrogens with zero attached hydrogens (tertiary/aromatic N) is 3. The monoisotopic (exact) mass is 454 g/mol. The zero-order chi connectivity index (χ0) is 23.1. The Morgan fingerprint density at radius 1 is 1.12 bits per heavy atom. The molecule has 3 rings (SSSR count). The van der Waals surface area contributed by atoms with Crippen LogP contribution in [0.4, 0.5) is 5.69 Å². The Morgan fingerprint density at radius 3 is 2.62 bits per heavy atom. The first-order valence-electron chi connectivity index (χ1n) is 10.7. The maximum Gasteiger partial charge on any atom is 0.234 e. The lowest BCUT2D eigenvalue weighted by molar-refractivity contribution is -0.113. The number of hydrogen-bond acceptors (Lipinski definition) is 6. The summed E-state index contributed by atoms with van der Waals surface area (Å²) < 4.78 is 13.7. The number of aromatic nitrogens is 3. The third-order valence-corrected chi connectivity index (χ3v) is 5.98. The fraction of sp³-hybridized carbons (Fsp3) is 0.375. The van der Waals surface area contributed by atoms with Gasteiger partial charge in [0.15, 0.2) is 17.1 Å². The maximum atomic E-state index is 12.5. The van der Waals surface area contributed by atoms with Gasteiger partial charge in [-0.15, -0.1) is 10.2 Å². The van der Waals surface area contributed by atoms with E-state index in [1.807, 2.05) is 67.8 Å². The van der Waals surface area contributed by atoms with E-state index in [9.17, 15) is 4.79 Å². The summed E-state index contributed by atoms with van der Waals surface area (Å²) in [6.45, 7) is 11.2. The highest BCUT2D eigenvalue weighted by atomic mass is 32.2. The van der Waals surface area contributed by atoms with Crippen LogP contribution in [-0.4, -0.2) is 33.0 Å². The van der Waals surface area contributed by atoms with Gasteiger partial charge in [0.05, 0.1) is 18.0 Å². The molecule has 0 bridgehead atoms. The van der Waals surface area contributed by atoms with Crippen LogP contribution in [0.25, 0.3) is 0 Å². The van der Waals surface area contributed by atoms with Gasteiger partial charge < -0.3 is 19.4 Å². The highest BCUT2D eigenvalue weighted by Crippen LogP contribution is 2.27. The van der Waals surface area contributed by atoms with Crippen molar-refractivity contribution in [1.29, 1.82) is 0 Å². The molecule has 2 aromatic carbocycles. The van der Waals surface area contributed by atoms with Gasteiger partial charge in [0, 0.05) is 6.54 Å². The van der Waals surface area contributed by atoms with Crippen molar-refractivity contribution in [2.75, 3.05) is 17.7 Å².